The molecular weight excluding hydrogens is 387 g/mol. The average molecular weight is 406 g/mol. The molecule has 3 aliphatic rings. The van der Waals surface area contributed by atoms with E-state index >= 15 is 0 Å². The number of rotatable bonds is 2. The van der Waals surface area contributed by atoms with Crippen molar-refractivity contribution in [2.45, 2.75) is 32.5 Å². The molecule has 1 aromatic carbocycles. The summed E-state index contributed by atoms with van der Waals surface area (Å²) in [5, 5.41) is 6.35. The molecule has 3 aliphatic heterocycles. The van der Waals surface area contributed by atoms with Crippen molar-refractivity contribution in [3.8, 4) is 0 Å². The summed E-state index contributed by atoms with van der Waals surface area (Å²) in [6, 6.07) is 3.07. The molecule has 146 valence electrons. The number of carbonyl (C=O) groups is 2. The third-order valence-corrected chi connectivity index (χ3v) is 5.71. The number of amides is 3. The Morgan fingerprint density at radius 1 is 1.25 bits per heavy atom. The fourth-order valence-electron chi connectivity index (χ4n) is 3.60. The molecule has 1 fully saturated rings. The maximum atomic E-state index is 14.3. The summed E-state index contributed by atoms with van der Waals surface area (Å²) in [4.78, 5) is 32.1. The average Bonchev–Trinajstić information content (AvgIpc) is 3.06. The van der Waals surface area contributed by atoms with Crippen LogP contribution in [0.5, 0.6) is 0 Å². The van der Waals surface area contributed by atoms with Crippen LogP contribution in [0.1, 0.15) is 19.4 Å². The molecule has 0 radical (unpaired) electrons. The lowest BCUT2D eigenvalue weighted by atomic mass is 10.1. The number of urea groups is 1. The molecule has 0 aromatic heterocycles. The number of amidine groups is 1. The van der Waals surface area contributed by atoms with Gasteiger partial charge >= 0.3 is 12.0 Å². The number of hydrogen-bond acceptors (Lipinski definition) is 5. The molecule has 8 nitrogen and oxygen atoms in total. The first-order valence-corrected chi connectivity index (χ1v) is 9.14. The largest absolute Gasteiger partial charge is 0.417 e. The number of aliphatic imine (C=N–C) groups is 1. The van der Waals surface area contributed by atoms with Crippen LogP contribution in [0.4, 0.5) is 9.18 Å². The van der Waals surface area contributed by atoms with E-state index in [4.69, 9.17) is 11.6 Å². The molecule has 1 aromatic rings. The maximum absolute atomic E-state index is 14.3. The Kier molecular flexibility index (Phi) is 4.22. The predicted octanol–water partition coefficient (Wildman–Crippen LogP) is 1.73. The maximum Gasteiger partial charge on any atom is 0.417 e. The van der Waals surface area contributed by atoms with Gasteiger partial charge in [-0.2, -0.15) is 0 Å². The third kappa shape index (κ3) is 2.53. The van der Waals surface area contributed by atoms with Crippen LogP contribution in [-0.2, 0) is 11.3 Å². The molecule has 2 atom stereocenters. The molecule has 10 heteroatoms. The zero-order valence-corrected chi connectivity index (χ0v) is 16.6. The monoisotopic (exact) mass is 405 g/mol. The van der Waals surface area contributed by atoms with Crippen LogP contribution in [-0.4, -0.2) is 75.0 Å². The zero-order chi connectivity index (χ0) is 20.3. The van der Waals surface area contributed by atoms with E-state index in [2.05, 4.69) is 10.1 Å². The van der Waals surface area contributed by atoms with Gasteiger partial charge in [-0.25, -0.2) is 13.8 Å². The molecule has 1 saturated heterocycles. The normalized spacial score (nSPS) is 24.4. The second-order valence-electron chi connectivity index (χ2n) is 6.99. The van der Waals surface area contributed by atoms with Gasteiger partial charge in [-0.05, 0) is 26.0 Å². The van der Waals surface area contributed by atoms with E-state index in [1.165, 1.54) is 29.1 Å². The van der Waals surface area contributed by atoms with Gasteiger partial charge in [-0.3, -0.25) is 14.6 Å². The van der Waals surface area contributed by atoms with Crippen molar-refractivity contribution in [2.24, 2.45) is 10.1 Å². The SMILES string of the molecule is CC1=NN(Cc2c(F)cccc2Cl)C2=[N+](C1C)C1C(=O)N(C)C(=O)N(C)C1=N2. The number of hydrogen-bond donors (Lipinski definition) is 0. The first-order chi connectivity index (χ1) is 13.2. The second kappa shape index (κ2) is 6.37. The summed E-state index contributed by atoms with van der Waals surface area (Å²) < 4.78 is 16.1. The lowest BCUT2D eigenvalue weighted by Gasteiger charge is -2.33. The number of imide groups is 1. The van der Waals surface area contributed by atoms with Crippen LogP contribution < -0.4 is 0 Å². The summed E-state index contributed by atoms with van der Waals surface area (Å²) in [5.74, 6) is -0.0789. The van der Waals surface area contributed by atoms with Crippen LogP contribution >= 0.6 is 11.6 Å². The molecule has 4 rings (SSSR count). The number of fused-ring (bicyclic) bond motifs is 2. The van der Waals surface area contributed by atoms with Crippen molar-refractivity contribution >= 4 is 41.0 Å². The molecular formula is C18H19ClFN6O2+. The van der Waals surface area contributed by atoms with Gasteiger partial charge in [-0.15, -0.1) is 10.1 Å². The lowest BCUT2D eigenvalue weighted by molar-refractivity contribution is -0.559. The summed E-state index contributed by atoms with van der Waals surface area (Å²) in [6.45, 7) is 3.79. The molecule has 28 heavy (non-hydrogen) atoms. The highest BCUT2D eigenvalue weighted by Crippen LogP contribution is 2.27. The molecule has 3 heterocycles. The highest BCUT2D eigenvalue weighted by atomic mass is 35.5. The van der Waals surface area contributed by atoms with Gasteiger partial charge in [0.05, 0.1) is 5.71 Å². The van der Waals surface area contributed by atoms with Gasteiger partial charge in [0.2, 0.25) is 11.9 Å². The third-order valence-electron chi connectivity index (χ3n) is 5.35. The first kappa shape index (κ1) is 18.5. The standard InChI is InChI=1S/C18H19ClFN6O2/c1-9-10(2)26-14-15(23(3)18(28)24(4)16(14)27)21-17(26)25(22-9)8-11-12(19)6-5-7-13(11)20/h5-7,10,14H,8H2,1-4H3/q+1. The Labute approximate surface area is 166 Å². The van der Waals surface area contributed by atoms with Crippen molar-refractivity contribution in [3.05, 3.63) is 34.6 Å². The van der Waals surface area contributed by atoms with E-state index in [0.29, 0.717) is 11.8 Å². The smallest absolute Gasteiger partial charge is 0.270 e. The van der Waals surface area contributed by atoms with E-state index in [1.54, 1.807) is 13.1 Å². The minimum absolute atomic E-state index is 0.0482. The number of guanidine groups is 1. The number of carbonyl (C=O) groups excluding carboxylic acids is 2. The number of likely N-dealkylation sites (N-methyl/N-ethyl adjacent to an activating group) is 2. The van der Waals surface area contributed by atoms with E-state index in [0.717, 1.165) is 10.6 Å². The first-order valence-electron chi connectivity index (χ1n) is 8.77. The van der Waals surface area contributed by atoms with Crippen molar-refractivity contribution in [2.75, 3.05) is 14.1 Å². The fraction of sp³-hybridized carbons (Fsp3) is 0.389. The Morgan fingerprint density at radius 2 is 1.96 bits per heavy atom. The molecule has 0 spiro atoms. The highest BCUT2D eigenvalue weighted by Gasteiger charge is 2.55. The van der Waals surface area contributed by atoms with Crippen molar-refractivity contribution in [1.29, 1.82) is 0 Å². The van der Waals surface area contributed by atoms with Crippen LogP contribution in [0.2, 0.25) is 5.02 Å². The van der Waals surface area contributed by atoms with E-state index in [9.17, 15) is 14.0 Å². The summed E-state index contributed by atoms with van der Waals surface area (Å²) in [5.41, 5.74) is 1.02. The van der Waals surface area contributed by atoms with Crippen LogP contribution in [0, 0.1) is 5.82 Å². The lowest BCUT2D eigenvalue weighted by Crippen LogP contribution is -2.63. The number of nitrogens with zero attached hydrogens (tertiary/aromatic N) is 6. The molecule has 0 aliphatic carbocycles. The number of halogens is 2. The van der Waals surface area contributed by atoms with E-state index in [-0.39, 0.29) is 29.1 Å². The molecule has 0 saturated carbocycles. The van der Waals surface area contributed by atoms with Gasteiger partial charge in [0.1, 0.15) is 18.4 Å². The molecule has 3 amide bonds. The van der Waals surface area contributed by atoms with Gasteiger partial charge < -0.3 is 0 Å². The Morgan fingerprint density at radius 3 is 2.64 bits per heavy atom. The Hall–Kier alpha value is -2.81. The minimum atomic E-state index is -0.734. The number of hydrazone groups is 1. The highest BCUT2D eigenvalue weighted by molar-refractivity contribution is 6.31. The van der Waals surface area contributed by atoms with Gasteiger partial charge in [-0.1, -0.05) is 22.7 Å². The van der Waals surface area contributed by atoms with Crippen molar-refractivity contribution < 1.29 is 18.6 Å². The fourth-order valence-corrected chi connectivity index (χ4v) is 3.82. The van der Waals surface area contributed by atoms with Crippen LogP contribution in [0.25, 0.3) is 0 Å². The van der Waals surface area contributed by atoms with Crippen molar-refractivity contribution in [1.82, 2.24) is 14.8 Å². The topological polar surface area (TPSA) is 71.6 Å². The Bertz CT molecular complexity index is 984. The van der Waals surface area contributed by atoms with Gasteiger partial charge in [0.25, 0.3) is 5.91 Å². The summed E-state index contributed by atoms with van der Waals surface area (Å²) >= 11 is 6.18. The van der Waals surface area contributed by atoms with E-state index < -0.39 is 17.9 Å². The predicted molar refractivity (Wildman–Crippen MR) is 102 cm³/mol. The van der Waals surface area contributed by atoms with Gasteiger partial charge in [0, 0.05) is 24.7 Å². The van der Waals surface area contributed by atoms with E-state index in [1.807, 2.05) is 18.4 Å². The minimum Gasteiger partial charge on any atom is -0.270 e. The molecule has 0 bridgehead atoms. The zero-order valence-electron chi connectivity index (χ0n) is 15.8. The molecule has 2 unspecified atom stereocenters. The van der Waals surface area contributed by atoms with Crippen LogP contribution in [0.15, 0.2) is 28.3 Å². The molecule has 0 N–H and O–H groups in total. The number of benzene rings is 1. The quantitative estimate of drug-likeness (QED) is 0.703. The summed E-state index contributed by atoms with van der Waals surface area (Å²) in [6.07, 6.45) is 0. The van der Waals surface area contributed by atoms with Crippen LogP contribution in [0.3, 0.4) is 0 Å². The van der Waals surface area contributed by atoms with Crippen molar-refractivity contribution in [3.63, 3.8) is 0 Å². The summed E-state index contributed by atoms with van der Waals surface area (Å²) in [7, 11) is 3.02. The Balaban J connectivity index is 1.80. The van der Waals surface area contributed by atoms with Gasteiger partial charge in [0.15, 0.2) is 0 Å². The second-order valence-corrected chi connectivity index (χ2v) is 7.40.